The van der Waals surface area contributed by atoms with E-state index >= 15 is 0 Å². The Morgan fingerprint density at radius 3 is 2.00 bits per heavy atom. The monoisotopic (exact) mass is 389 g/mol. The minimum Gasteiger partial charge on any atom is -0.300 e. The highest BCUT2D eigenvalue weighted by Gasteiger charge is 2.18. The summed E-state index contributed by atoms with van der Waals surface area (Å²) in [5.74, 6) is 0.805. The van der Waals surface area contributed by atoms with E-state index in [1.54, 1.807) is 12.1 Å². The van der Waals surface area contributed by atoms with E-state index in [1.807, 2.05) is 16.7 Å². The summed E-state index contributed by atoms with van der Waals surface area (Å²) in [4.78, 5) is 0. The predicted molar refractivity (Wildman–Crippen MR) is 111 cm³/mol. The molecule has 28 heavy (non-hydrogen) atoms. The molecule has 0 bridgehead atoms. The summed E-state index contributed by atoms with van der Waals surface area (Å²) in [5.41, 5.74) is 3.45. The van der Waals surface area contributed by atoms with Gasteiger partial charge in [-0.15, -0.1) is 0 Å². The van der Waals surface area contributed by atoms with Crippen LogP contribution in [0.1, 0.15) is 28.4 Å². The summed E-state index contributed by atoms with van der Waals surface area (Å²) >= 11 is 5.45. The van der Waals surface area contributed by atoms with E-state index in [9.17, 15) is 4.39 Å². The van der Waals surface area contributed by atoms with Gasteiger partial charge in [0.15, 0.2) is 4.77 Å². The molecule has 0 saturated heterocycles. The Hall–Kier alpha value is -3.05. The summed E-state index contributed by atoms with van der Waals surface area (Å²) in [6, 6.07) is 27.3. The Labute approximate surface area is 168 Å². The highest BCUT2D eigenvalue weighted by molar-refractivity contribution is 7.71. The molecular weight excluding hydrogens is 369 g/mol. The Morgan fingerprint density at radius 1 is 0.857 bits per heavy atom. The molecule has 0 aliphatic heterocycles. The fourth-order valence-corrected chi connectivity index (χ4v) is 3.64. The van der Waals surface area contributed by atoms with Crippen LogP contribution in [0.2, 0.25) is 0 Å². The number of rotatable bonds is 6. The van der Waals surface area contributed by atoms with Crippen LogP contribution in [0.3, 0.4) is 0 Å². The van der Waals surface area contributed by atoms with Gasteiger partial charge in [0.1, 0.15) is 11.6 Å². The van der Waals surface area contributed by atoms with Crippen molar-refractivity contribution in [1.29, 1.82) is 0 Å². The van der Waals surface area contributed by atoms with Gasteiger partial charge in [-0.2, -0.15) is 5.10 Å². The van der Waals surface area contributed by atoms with Gasteiger partial charge in [-0.3, -0.25) is 9.67 Å². The molecule has 0 unspecified atom stereocenters. The van der Waals surface area contributed by atoms with E-state index in [-0.39, 0.29) is 11.7 Å². The first-order valence-electron chi connectivity index (χ1n) is 9.19. The van der Waals surface area contributed by atoms with E-state index in [1.165, 1.54) is 23.3 Å². The summed E-state index contributed by atoms with van der Waals surface area (Å²) in [5, 5.41) is 7.41. The molecule has 0 aliphatic carbocycles. The third-order valence-corrected chi connectivity index (χ3v) is 5.19. The van der Waals surface area contributed by atoms with Crippen LogP contribution >= 0.6 is 12.2 Å². The van der Waals surface area contributed by atoms with Crippen molar-refractivity contribution in [2.24, 2.45) is 0 Å². The summed E-state index contributed by atoms with van der Waals surface area (Å²) in [6.45, 7) is 0.557. The molecule has 0 fully saturated rings. The van der Waals surface area contributed by atoms with Gasteiger partial charge in [-0.05, 0) is 41.0 Å². The van der Waals surface area contributed by atoms with Crippen LogP contribution in [-0.4, -0.2) is 14.8 Å². The first kappa shape index (κ1) is 18.3. The number of hydrogen-bond donors (Lipinski definition) is 1. The lowest BCUT2D eigenvalue weighted by Gasteiger charge is -2.18. The minimum atomic E-state index is -0.243. The van der Waals surface area contributed by atoms with Crippen LogP contribution in [0, 0.1) is 10.6 Å². The lowest BCUT2D eigenvalue weighted by molar-refractivity contribution is 0.625. The molecular formula is C23H20FN3S. The molecule has 0 aliphatic rings. The average Bonchev–Trinajstić information content (AvgIpc) is 3.08. The van der Waals surface area contributed by atoms with Gasteiger partial charge in [0.05, 0.1) is 6.54 Å². The maximum atomic E-state index is 13.2. The second-order valence-corrected chi connectivity index (χ2v) is 7.12. The standard InChI is InChI=1S/C23H20FN3S/c24-20-13-11-17(12-14-20)16-27-22(25-26-23(27)28)15-21(18-7-3-1-4-8-18)19-9-5-2-6-10-19/h1-14,21H,15-16H2,(H,26,28). The average molecular weight is 389 g/mol. The molecule has 4 rings (SSSR count). The highest BCUT2D eigenvalue weighted by atomic mass is 32.1. The van der Waals surface area contributed by atoms with Crippen LogP contribution < -0.4 is 0 Å². The lowest BCUT2D eigenvalue weighted by Crippen LogP contribution is -2.12. The van der Waals surface area contributed by atoms with E-state index in [4.69, 9.17) is 12.2 Å². The predicted octanol–water partition coefficient (Wildman–Crippen LogP) is 5.50. The molecule has 1 heterocycles. The van der Waals surface area contributed by atoms with E-state index in [2.05, 4.69) is 58.7 Å². The zero-order valence-electron chi connectivity index (χ0n) is 15.3. The van der Waals surface area contributed by atoms with Crippen molar-refractivity contribution in [1.82, 2.24) is 14.8 Å². The van der Waals surface area contributed by atoms with Crippen molar-refractivity contribution < 1.29 is 4.39 Å². The zero-order valence-corrected chi connectivity index (χ0v) is 16.1. The van der Waals surface area contributed by atoms with Crippen molar-refractivity contribution in [3.63, 3.8) is 0 Å². The van der Waals surface area contributed by atoms with Crippen molar-refractivity contribution >= 4 is 12.2 Å². The van der Waals surface area contributed by atoms with E-state index < -0.39 is 0 Å². The summed E-state index contributed by atoms with van der Waals surface area (Å²) in [6.07, 6.45) is 0.711. The maximum Gasteiger partial charge on any atom is 0.195 e. The largest absolute Gasteiger partial charge is 0.300 e. The Kier molecular flexibility index (Phi) is 5.44. The zero-order chi connectivity index (χ0) is 19.3. The first-order chi connectivity index (χ1) is 13.7. The van der Waals surface area contributed by atoms with Gasteiger partial charge in [-0.1, -0.05) is 72.8 Å². The van der Waals surface area contributed by atoms with Crippen LogP contribution in [0.4, 0.5) is 4.39 Å². The molecule has 1 aromatic heterocycles. The smallest absolute Gasteiger partial charge is 0.195 e. The van der Waals surface area contributed by atoms with Crippen molar-refractivity contribution in [2.45, 2.75) is 18.9 Å². The maximum absolute atomic E-state index is 13.2. The van der Waals surface area contributed by atoms with Crippen LogP contribution in [0.25, 0.3) is 0 Å². The molecule has 0 atom stereocenters. The normalized spacial score (nSPS) is 11.1. The van der Waals surface area contributed by atoms with Gasteiger partial charge in [0.2, 0.25) is 0 Å². The van der Waals surface area contributed by atoms with Gasteiger partial charge in [0.25, 0.3) is 0 Å². The Morgan fingerprint density at radius 2 is 1.43 bits per heavy atom. The summed E-state index contributed by atoms with van der Waals surface area (Å²) < 4.78 is 15.8. The Bertz CT molecular complexity index is 1050. The molecule has 3 aromatic carbocycles. The second-order valence-electron chi connectivity index (χ2n) is 6.74. The van der Waals surface area contributed by atoms with Gasteiger partial charge >= 0.3 is 0 Å². The molecule has 1 N–H and O–H groups in total. The number of benzene rings is 3. The lowest BCUT2D eigenvalue weighted by atomic mass is 9.88. The molecule has 140 valence electrons. The van der Waals surface area contributed by atoms with E-state index in [0.717, 1.165) is 11.4 Å². The SMILES string of the molecule is Fc1ccc(Cn2c(CC(c3ccccc3)c3ccccc3)n[nH]c2=S)cc1. The van der Waals surface area contributed by atoms with E-state index in [0.29, 0.717) is 17.7 Å². The van der Waals surface area contributed by atoms with Crippen molar-refractivity contribution in [3.05, 3.63) is 118 Å². The fourth-order valence-electron chi connectivity index (χ4n) is 3.42. The van der Waals surface area contributed by atoms with Crippen molar-refractivity contribution in [2.75, 3.05) is 0 Å². The molecule has 0 radical (unpaired) electrons. The number of halogens is 1. The number of aromatic nitrogens is 3. The third-order valence-electron chi connectivity index (χ3n) is 4.88. The molecule has 5 heteroatoms. The topological polar surface area (TPSA) is 33.6 Å². The molecule has 4 aromatic rings. The first-order valence-corrected chi connectivity index (χ1v) is 9.60. The quantitative estimate of drug-likeness (QED) is 0.442. The van der Waals surface area contributed by atoms with Crippen LogP contribution in [0.5, 0.6) is 0 Å². The number of nitrogens with zero attached hydrogens (tertiary/aromatic N) is 2. The third kappa shape index (κ3) is 4.10. The molecule has 0 amide bonds. The van der Waals surface area contributed by atoms with Gasteiger partial charge in [-0.25, -0.2) is 4.39 Å². The minimum absolute atomic E-state index is 0.166. The molecule has 0 saturated carbocycles. The van der Waals surface area contributed by atoms with Gasteiger partial charge < -0.3 is 0 Å². The number of H-pyrrole nitrogens is 1. The number of hydrogen-bond acceptors (Lipinski definition) is 2. The Balaban J connectivity index is 1.68. The molecule has 0 spiro atoms. The van der Waals surface area contributed by atoms with Crippen LogP contribution in [-0.2, 0) is 13.0 Å². The second kappa shape index (κ2) is 8.31. The highest BCUT2D eigenvalue weighted by Crippen LogP contribution is 2.28. The van der Waals surface area contributed by atoms with Crippen molar-refractivity contribution in [3.8, 4) is 0 Å². The molecule has 3 nitrogen and oxygen atoms in total. The van der Waals surface area contributed by atoms with Gasteiger partial charge in [0, 0.05) is 12.3 Å². The number of aromatic amines is 1. The number of nitrogens with one attached hydrogen (secondary N) is 1. The summed E-state index contributed by atoms with van der Waals surface area (Å²) in [7, 11) is 0. The van der Waals surface area contributed by atoms with Crippen LogP contribution in [0.15, 0.2) is 84.9 Å². The fraction of sp³-hybridized carbons (Fsp3) is 0.130.